The van der Waals surface area contributed by atoms with Crippen LogP contribution in [0.5, 0.6) is 0 Å². The van der Waals surface area contributed by atoms with E-state index in [4.69, 9.17) is 4.84 Å². The van der Waals surface area contributed by atoms with E-state index in [1.54, 1.807) is 4.90 Å². The molecule has 0 aliphatic carbocycles. The maximum Gasteiger partial charge on any atom is 0.344 e. The molecule has 2 bridgehead atoms. The van der Waals surface area contributed by atoms with Crippen molar-refractivity contribution >= 4 is 6.03 Å². The molecule has 2 fully saturated rings. The first-order chi connectivity index (χ1) is 9.29. The molecule has 3 rings (SSSR count). The zero-order chi connectivity index (χ0) is 13.2. The van der Waals surface area contributed by atoms with E-state index in [1.807, 2.05) is 30.3 Å². The zero-order valence-electron chi connectivity index (χ0n) is 10.7. The molecule has 2 atom stereocenters. The Morgan fingerprint density at radius 2 is 2.05 bits per heavy atom. The molecule has 0 unspecified atom stereocenters. The van der Waals surface area contributed by atoms with Crippen LogP contribution in [-0.2, 0) is 11.4 Å². The van der Waals surface area contributed by atoms with Crippen LogP contribution in [-0.4, -0.2) is 46.3 Å². The Balaban J connectivity index is 1.64. The van der Waals surface area contributed by atoms with Crippen LogP contribution in [0.1, 0.15) is 18.4 Å². The van der Waals surface area contributed by atoms with Gasteiger partial charge in [0.1, 0.15) is 6.61 Å². The van der Waals surface area contributed by atoms with Gasteiger partial charge in [0.25, 0.3) is 0 Å². The zero-order valence-corrected chi connectivity index (χ0v) is 10.7. The normalized spacial score (nSPS) is 26.1. The number of hydrogen-bond acceptors (Lipinski definition) is 3. The van der Waals surface area contributed by atoms with E-state index in [0.29, 0.717) is 13.2 Å². The van der Waals surface area contributed by atoms with E-state index in [9.17, 15) is 9.90 Å². The van der Waals surface area contributed by atoms with Crippen LogP contribution >= 0.6 is 0 Å². The van der Waals surface area contributed by atoms with Crippen molar-refractivity contribution in [1.82, 2.24) is 9.96 Å². The molecule has 2 saturated heterocycles. The summed E-state index contributed by atoms with van der Waals surface area (Å²) in [5.74, 6) is 0. The molecule has 0 radical (unpaired) electrons. The number of nitrogens with zero attached hydrogens (tertiary/aromatic N) is 2. The number of carbonyl (C=O) groups is 1. The largest absolute Gasteiger partial charge is 0.394 e. The van der Waals surface area contributed by atoms with E-state index < -0.39 is 0 Å². The lowest BCUT2D eigenvalue weighted by Gasteiger charge is -2.28. The number of piperidine rings is 1. The van der Waals surface area contributed by atoms with Gasteiger partial charge in [-0.15, -0.1) is 0 Å². The number of hydrogen-bond donors (Lipinski definition) is 1. The predicted molar refractivity (Wildman–Crippen MR) is 69.1 cm³/mol. The first kappa shape index (κ1) is 12.4. The Morgan fingerprint density at radius 1 is 1.26 bits per heavy atom. The highest BCUT2D eigenvalue weighted by atomic mass is 16.7. The number of hydroxylamine groups is 2. The molecule has 19 heavy (non-hydrogen) atoms. The highest BCUT2D eigenvalue weighted by molar-refractivity contribution is 5.76. The number of aliphatic hydroxyl groups is 1. The second kappa shape index (κ2) is 5.19. The van der Waals surface area contributed by atoms with Crippen LogP contribution in [0.4, 0.5) is 4.79 Å². The van der Waals surface area contributed by atoms with Gasteiger partial charge >= 0.3 is 6.03 Å². The Bertz CT molecular complexity index is 451. The minimum absolute atomic E-state index is 0.0327. The van der Waals surface area contributed by atoms with Gasteiger partial charge in [-0.05, 0) is 18.4 Å². The number of rotatable bonds is 4. The topological polar surface area (TPSA) is 53.0 Å². The third-order valence-electron chi connectivity index (χ3n) is 3.87. The third kappa shape index (κ3) is 2.31. The first-order valence-electron chi connectivity index (χ1n) is 6.67. The van der Waals surface area contributed by atoms with Gasteiger partial charge in [-0.25, -0.2) is 4.79 Å². The lowest BCUT2D eigenvalue weighted by Crippen LogP contribution is -2.42. The monoisotopic (exact) mass is 262 g/mol. The molecule has 2 amide bonds. The molecule has 5 nitrogen and oxygen atoms in total. The van der Waals surface area contributed by atoms with Crippen LogP contribution in [0.15, 0.2) is 30.3 Å². The smallest absolute Gasteiger partial charge is 0.344 e. The minimum Gasteiger partial charge on any atom is -0.394 e. The summed E-state index contributed by atoms with van der Waals surface area (Å²) >= 11 is 0. The molecule has 1 aromatic rings. The maximum atomic E-state index is 12.2. The van der Waals surface area contributed by atoms with Gasteiger partial charge in [-0.1, -0.05) is 30.3 Å². The summed E-state index contributed by atoms with van der Waals surface area (Å²) in [5.41, 5.74) is 1.05. The first-order valence-corrected chi connectivity index (χ1v) is 6.67. The van der Waals surface area contributed by atoms with Crippen molar-refractivity contribution in [3.8, 4) is 0 Å². The fourth-order valence-electron chi connectivity index (χ4n) is 2.79. The van der Waals surface area contributed by atoms with Crippen molar-refractivity contribution in [2.75, 3.05) is 13.2 Å². The Hall–Kier alpha value is -1.59. The highest BCUT2D eigenvalue weighted by Crippen LogP contribution is 2.30. The molecule has 1 aromatic carbocycles. The van der Waals surface area contributed by atoms with Gasteiger partial charge in [-0.2, -0.15) is 5.06 Å². The summed E-state index contributed by atoms with van der Waals surface area (Å²) in [6, 6.07) is 9.77. The second-order valence-corrected chi connectivity index (χ2v) is 5.09. The molecule has 0 spiro atoms. The highest BCUT2D eigenvalue weighted by Gasteiger charge is 2.45. The molecule has 5 heteroatoms. The predicted octanol–water partition coefficient (Wildman–Crippen LogP) is 1.38. The second-order valence-electron chi connectivity index (χ2n) is 5.09. The lowest BCUT2D eigenvalue weighted by molar-refractivity contribution is -0.140. The van der Waals surface area contributed by atoms with E-state index >= 15 is 0 Å². The van der Waals surface area contributed by atoms with Crippen molar-refractivity contribution in [3.63, 3.8) is 0 Å². The number of fused-ring (bicyclic) bond motifs is 2. The molecular weight excluding hydrogens is 244 g/mol. The molecule has 102 valence electrons. The average Bonchev–Trinajstić information content (AvgIpc) is 2.71. The summed E-state index contributed by atoms with van der Waals surface area (Å²) in [4.78, 5) is 19.6. The van der Waals surface area contributed by atoms with Gasteiger partial charge < -0.3 is 10.0 Å². The number of aliphatic hydroxyl groups excluding tert-OH is 1. The molecule has 2 aliphatic heterocycles. The van der Waals surface area contributed by atoms with E-state index in [2.05, 4.69) is 0 Å². The van der Waals surface area contributed by atoms with E-state index in [-0.39, 0.29) is 24.7 Å². The number of urea groups is 1. The summed E-state index contributed by atoms with van der Waals surface area (Å²) in [5, 5.41) is 10.8. The van der Waals surface area contributed by atoms with E-state index in [1.165, 1.54) is 5.06 Å². The van der Waals surface area contributed by atoms with Crippen molar-refractivity contribution in [2.45, 2.75) is 31.5 Å². The summed E-state index contributed by atoms with van der Waals surface area (Å²) in [7, 11) is 0. The number of carbonyl (C=O) groups excluding carboxylic acids is 1. The van der Waals surface area contributed by atoms with Gasteiger partial charge in [0.15, 0.2) is 0 Å². The fourth-order valence-corrected chi connectivity index (χ4v) is 2.79. The number of benzene rings is 1. The Kier molecular flexibility index (Phi) is 3.40. The van der Waals surface area contributed by atoms with Crippen LogP contribution < -0.4 is 0 Å². The quantitative estimate of drug-likeness (QED) is 0.892. The van der Waals surface area contributed by atoms with Gasteiger partial charge in [0.05, 0.1) is 18.7 Å². The van der Waals surface area contributed by atoms with Crippen LogP contribution in [0.3, 0.4) is 0 Å². The summed E-state index contributed by atoms with van der Waals surface area (Å²) in [6.07, 6.45) is 1.74. The van der Waals surface area contributed by atoms with Crippen molar-refractivity contribution in [1.29, 1.82) is 0 Å². The van der Waals surface area contributed by atoms with Gasteiger partial charge in [0, 0.05) is 6.54 Å². The van der Waals surface area contributed by atoms with Crippen molar-refractivity contribution in [2.24, 2.45) is 0 Å². The molecule has 0 aromatic heterocycles. The van der Waals surface area contributed by atoms with Gasteiger partial charge in [-0.3, -0.25) is 4.84 Å². The van der Waals surface area contributed by atoms with Crippen molar-refractivity contribution in [3.05, 3.63) is 35.9 Å². The summed E-state index contributed by atoms with van der Waals surface area (Å²) < 4.78 is 0. The van der Waals surface area contributed by atoms with Crippen LogP contribution in [0, 0.1) is 0 Å². The SMILES string of the molecule is O=C1N2C[C@H](CC[C@H]2CO)N1OCc1ccccc1. The molecular formula is C14H18N2O3. The van der Waals surface area contributed by atoms with Gasteiger partial charge in [0.2, 0.25) is 0 Å². The standard InChI is InChI=1S/C14H18N2O3/c17-9-13-7-6-12-8-15(13)14(18)16(12)19-10-11-4-2-1-3-5-11/h1-5,12-13,17H,6-10H2/t12-,13-/m0/s1. The van der Waals surface area contributed by atoms with Crippen LogP contribution in [0.25, 0.3) is 0 Å². The molecule has 1 N–H and O–H groups in total. The molecule has 0 saturated carbocycles. The summed E-state index contributed by atoms with van der Waals surface area (Å²) in [6.45, 7) is 1.10. The Labute approximate surface area is 112 Å². The average molecular weight is 262 g/mol. The Morgan fingerprint density at radius 3 is 2.79 bits per heavy atom. The van der Waals surface area contributed by atoms with E-state index in [0.717, 1.165) is 18.4 Å². The lowest BCUT2D eigenvalue weighted by atomic mass is 10.0. The fraction of sp³-hybridized carbons (Fsp3) is 0.500. The molecule has 2 heterocycles. The number of amides is 2. The molecule has 2 aliphatic rings. The van der Waals surface area contributed by atoms with Crippen LogP contribution in [0.2, 0.25) is 0 Å². The minimum atomic E-state index is -0.113. The van der Waals surface area contributed by atoms with Crippen molar-refractivity contribution < 1.29 is 14.7 Å². The maximum absolute atomic E-state index is 12.2. The third-order valence-corrected chi connectivity index (χ3v) is 3.87.